The Kier molecular flexibility index (Phi) is 6.60. The van der Waals surface area contributed by atoms with Crippen molar-refractivity contribution in [3.63, 3.8) is 0 Å². The normalized spacial score (nSPS) is 16.8. The average molecular weight is 485 g/mol. The molecule has 1 unspecified atom stereocenters. The molecule has 1 saturated heterocycles. The highest BCUT2D eigenvalue weighted by Crippen LogP contribution is 2.33. The summed E-state index contributed by atoms with van der Waals surface area (Å²) < 4.78 is 65.7. The van der Waals surface area contributed by atoms with Crippen molar-refractivity contribution >= 4 is 17.3 Å². The molecule has 0 spiro atoms. The van der Waals surface area contributed by atoms with Gasteiger partial charge in [0.2, 0.25) is 0 Å². The summed E-state index contributed by atoms with van der Waals surface area (Å²) in [6, 6.07) is 8.00. The first-order valence-electron chi connectivity index (χ1n) is 10.1. The Balaban J connectivity index is 1.77. The first-order chi connectivity index (χ1) is 15.6. The second-order valence-electron chi connectivity index (χ2n) is 7.76. The molecule has 0 saturated carbocycles. The van der Waals surface area contributed by atoms with Crippen molar-refractivity contribution in [3.8, 4) is 17.1 Å². The number of hydrogen-bond donors (Lipinski definition) is 0. The van der Waals surface area contributed by atoms with Crippen LogP contribution in [0.4, 0.5) is 23.2 Å². The van der Waals surface area contributed by atoms with Gasteiger partial charge in [0.25, 0.3) is 0 Å². The second kappa shape index (κ2) is 9.28. The molecule has 0 bridgehead atoms. The van der Waals surface area contributed by atoms with E-state index in [4.69, 9.17) is 21.1 Å². The lowest BCUT2D eigenvalue weighted by Crippen LogP contribution is -2.31. The molecule has 1 fully saturated rings. The van der Waals surface area contributed by atoms with Crippen LogP contribution in [0.15, 0.2) is 36.4 Å². The van der Waals surface area contributed by atoms with Crippen LogP contribution in [-0.2, 0) is 22.1 Å². The predicted octanol–water partition coefficient (Wildman–Crippen LogP) is 4.77. The molecule has 0 amide bonds. The maximum absolute atomic E-state index is 14.3. The van der Waals surface area contributed by atoms with E-state index < -0.39 is 17.6 Å². The fourth-order valence-electron chi connectivity index (χ4n) is 3.48. The number of aromatic nitrogens is 3. The highest BCUT2D eigenvalue weighted by atomic mass is 35.5. The van der Waals surface area contributed by atoms with E-state index in [1.54, 1.807) is 12.1 Å². The van der Waals surface area contributed by atoms with Crippen LogP contribution in [0.5, 0.6) is 0 Å². The van der Waals surface area contributed by atoms with Crippen LogP contribution in [0.3, 0.4) is 0 Å². The molecule has 1 aliphatic heterocycles. The van der Waals surface area contributed by atoms with Crippen LogP contribution in [0.1, 0.15) is 11.4 Å². The van der Waals surface area contributed by atoms with Crippen molar-refractivity contribution in [1.82, 2.24) is 14.8 Å². The number of halogens is 5. The zero-order chi connectivity index (χ0) is 23.8. The van der Waals surface area contributed by atoms with Crippen LogP contribution < -0.4 is 4.90 Å². The maximum Gasteiger partial charge on any atom is 0.419 e. The van der Waals surface area contributed by atoms with E-state index in [9.17, 15) is 17.6 Å². The lowest BCUT2D eigenvalue weighted by molar-refractivity contribution is -0.140. The molecule has 1 aromatic heterocycles. The van der Waals surface area contributed by atoms with Gasteiger partial charge in [0.05, 0.1) is 42.2 Å². The van der Waals surface area contributed by atoms with E-state index >= 15 is 0 Å². The Hall–Kier alpha value is -2.69. The number of rotatable bonds is 5. The van der Waals surface area contributed by atoms with Crippen LogP contribution in [-0.4, -0.2) is 54.8 Å². The molecule has 0 N–H and O–H groups in total. The number of ether oxygens (including phenoxy) is 2. The summed E-state index contributed by atoms with van der Waals surface area (Å²) in [5.74, 6) is -0.752. The van der Waals surface area contributed by atoms with E-state index in [0.29, 0.717) is 42.3 Å². The van der Waals surface area contributed by atoms with Crippen molar-refractivity contribution in [2.45, 2.75) is 18.7 Å². The SMILES string of the molecule is CN(C)c1ccc(-c2nc(CC3COCCO3)n(-c3ccc(C(F)(F)F)c(F)c3)n2)c(Cl)c1. The summed E-state index contributed by atoms with van der Waals surface area (Å²) in [7, 11) is 3.75. The molecule has 0 radical (unpaired) electrons. The van der Waals surface area contributed by atoms with Crippen molar-refractivity contribution < 1.29 is 27.0 Å². The van der Waals surface area contributed by atoms with Gasteiger partial charge in [-0.3, -0.25) is 0 Å². The van der Waals surface area contributed by atoms with Crippen molar-refractivity contribution in [1.29, 1.82) is 0 Å². The third-order valence-electron chi connectivity index (χ3n) is 5.18. The highest BCUT2D eigenvalue weighted by molar-refractivity contribution is 6.33. The van der Waals surface area contributed by atoms with Gasteiger partial charge in [-0.2, -0.15) is 13.2 Å². The van der Waals surface area contributed by atoms with Crippen LogP contribution in [0.2, 0.25) is 5.02 Å². The van der Waals surface area contributed by atoms with E-state index in [1.165, 1.54) is 4.68 Å². The Bertz CT molecular complexity index is 1140. The topological polar surface area (TPSA) is 52.4 Å². The molecule has 3 aromatic rings. The average Bonchev–Trinajstić information content (AvgIpc) is 3.16. The molecule has 2 aromatic carbocycles. The first-order valence-corrected chi connectivity index (χ1v) is 10.5. The Morgan fingerprint density at radius 2 is 1.94 bits per heavy atom. The smallest absolute Gasteiger partial charge is 0.378 e. The number of hydrogen-bond acceptors (Lipinski definition) is 5. The summed E-state index contributed by atoms with van der Waals surface area (Å²) in [6.07, 6.45) is -4.85. The minimum Gasteiger partial charge on any atom is -0.378 e. The summed E-state index contributed by atoms with van der Waals surface area (Å²) in [4.78, 5) is 6.45. The molecule has 1 aliphatic rings. The first kappa shape index (κ1) is 23.5. The fourth-order valence-corrected chi connectivity index (χ4v) is 3.74. The Morgan fingerprint density at radius 3 is 2.55 bits per heavy atom. The number of benzene rings is 2. The van der Waals surface area contributed by atoms with Gasteiger partial charge in [-0.05, 0) is 30.3 Å². The quantitative estimate of drug-likeness (QED) is 0.488. The summed E-state index contributed by atoms with van der Waals surface area (Å²) in [6.45, 7) is 1.23. The van der Waals surface area contributed by atoms with Gasteiger partial charge in [0.1, 0.15) is 11.6 Å². The maximum atomic E-state index is 14.3. The molecule has 0 aliphatic carbocycles. The summed E-state index contributed by atoms with van der Waals surface area (Å²) >= 11 is 6.46. The third kappa shape index (κ3) is 5.13. The largest absolute Gasteiger partial charge is 0.419 e. The summed E-state index contributed by atoms with van der Waals surface area (Å²) in [5.41, 5.74) is 0.169. The van der Waals surface area contributed by atoms with Crippen molar-refractivity contribution in [2.24, 2.45) is 0 Å². The van der Waals surface area contributed by atoms with Crippen LogP contribution in [0.25, 0.3) is 17.1 Å². The molecular weight excluding hydrogens is 464 g/mol. The van der Waals surface area contributed by atoms with Crippen LogP contribution in [0, 0.1) is 5.82 Å². The monoisotopic (exact) mass is 484 g/mol. The minimum absolute atomic E-state index is 0.104. The molecule has 1 atom stereocenters. The number of anilines is 1. The zero-order valence-electron chi connectivity index (χ0n) is 17.9. The molecule has 33 heavy (non-hydrogen) atoms. The molecular formula is C22H21ClF4N4O2. The van der Waals surface area contributed by atoms with E-state index in [0.717, 1.165) is 17.8 Å². The van der Waals surface area contributed by atoms with Gasteiger partial charge in [0, 0.05) is 37.8 Å². The van der Waals surface area contributed by atoms with E-state index in [-0.39, 0.29) is 24.0 Å². The van der Waals surface area contributed by atoms with Crippen LogP contribution >= 0.6 is 11.6 Å². The van der Waals surface area contributed by atoms with Gasteiger partial charge >= 0.3 is 6.18 Å². The van der Waals surface area contributed by atoms with Gasteiger partial charge in [-0.15, -0.1) is 5.10 Å². The van der Waals surface area contributed by atoms with Crippen molar-refractivity contribution in [2.75, 3.05) is 38.8 Å². The van der Waals surface area contributed by atoms with Gasteiger partial charge in [-0.1, -0.05) is 11.6 Å². The lowest BCUT2D eigenvalue weighted by atomic mass is 10.1. The summed E-state index contributed by atoms with van der Waals surface area (Å²) in [5, 5.41) is 4.85. The lowest BCUT2D eigenvalue weighted by Gasteiger charge is -2.22. The minimum atomic E-state index is -4.80. The zero-order valence-corrected chi connectivity index (χ0v) is 18.6. The van der Waals surface area contributed by atoms with Gasteiger partial charge in [-0.25, -0.2) is 14.1 Å². The molecule has 4 rings (SSSR count). The predicted molar refractivity (Wildman–Crippen MR) is 115 cm³/mol. The fraction of sp³-hybridized carbons (Fsp3) is 0.364. The molecule has 6 nitrogen and oxygen atoms in total. The van der Waals surface area contributed by atoms with E-state index in [2.05, 4.69) is 10.1 Å². The standard InChI is InChI=1S/C22H21ClF4N4O2/c1-30(2)13-3-5-16(18(23)9-13)21-28-20(11-15-12-32-7-8-33-15)31(29-21)14-4-6-17(19(24)10-14)22(25,26)27/h3-6,9-10,15H,7-8,11-12H2,1-2H3. The highest BCUT2D eigenvalue weighted by Gasteiger charge is 2.34. The molecule has 176 valence electrons. The second-order valence-corrected chi connectivity index (χ2v) is 8.16. The van der Waals surface area contributed by atoms with Gasteiger partial charge in [0.15, 0.2) is 5.82 Å². The molecule has 11 heteroatoms. The number of alkyl halides is 3. The van der Waals surface area contributed by atoms with E-state index in [1.807, 2.05) is 25.1 Å². The Morgan fingerprint density at radius 1 is 1.15 bits per heavy atom. The number of nitrogens with zero attached hydrogens (tertiary/aromatic N) is 4. The Labute approximate surface area is 192 Å². The molecule has 2 heterocycles. The van der Waals surface area contributed by atoms with Crippen molar-refractivity contribution in [3.05, 3.63) is 58.6 Å². The third-order valence-corrected chi connectivity index (χ3v) is 5.49. The van der Waals surface area contributed by atoms with Gasteiger partial charge < -0.3 is 14.4 Å².